The van der Waals surface area contributed by atoms with Crippen molar-refractivity contribution in [2.45, 2.75) is 19.0 Å². The minimum absolute atomic E-state index is 0.0619. The van der Waals surface area contributed by atoms with Gasteiger partial charge in [-0.3, -0.25) is 4.79 Å². The number of amides is 1. The summed E-state index contributed by atoms with van der Waals surface area (Å²) >= 11 is 5.64. The van der Waals surface area contributed by atoms with Crippen LogP contribution in [0, 0.1) is 5.92 Å². The standard InChI is InChI=1S/C11H11ClF3NO2/c12-9-8(3-5-18-9)10(17)16-4-1-2-7(6-16)11(13,14)15/h3,5,7H,1-2,4,6H2. The van der Waals surface area contributed by atoms with Crippen LogP contribution in [0.1, 0.15) is 23.2 Å². The first-order valence-corrected chi connectivity index (χ1v) is 5.86. The van der Waals surface area contributed by atoms with Crippen molar-refractivity contribution in [1.82, 2.24) is 4.90 Å². The number of rotatable bonds is 1. The van der Waals surface area contributed by atoms with Gasteiger partial charge in [0.05, 0.1) is 17.7 Å². The molecule has 1 aromatic rings. The molecule has 0 aromatic carbocycles. The van der Waals surface area contributed by atoms with Crippen LogP contribution in [0.15, 0.2) is 16.7 Å². The van der Waals surface area contributed by atoms with E-state index in [0.717, 1.165) is 0 Å². The molecule has 18 heavy (non-hydrogen) atoms. The van der Waals surface area contributed by atoms with E-state index >= 15 is 0 Å². The molecule has 1 atom stereocenters. The number of carbonyl (C=O) groups is 1. The molecule has 1 fully saturated rings. The second-order valence-corrected chi connectivity index (χ2v) is 4.58. The minimum atomic E-state index is -4.26. The zero-order valence-electron chi connectivity index (χ0n) is 9.34. The van der Waals surface area contributed by atoms with Gasteiger partial charge < -0.3 is 9.32 Å². The topological polar surface area (TPSA) is 33.5 Å². The van der Waals surface area contributed by atoms with Crippen molar-refractivity contribution < 1.29 is 22.4 Å². The van der Waals surface area contributed by atoms with Crippen molar-refractivity contribution in [2.75, 3.05) is 13.1 Å². The fourth-order valence-corrected chi connectivity index (χ4v) is 2.24. The third kappa shape index (κ3) is 2.63. The van der Waals surface area contributed by atoms with Gasteiger partial charge >= 0.3 is 6.18 Å². The molecule has 1 aliphatic rings. The van der Waals surface area contributed by atoms with Crippen LogP contribution in [-0.4, -0.2) is 30.1 Å². The Bertz CT molecular complexity index is 444. The Morgan fingerprint density at radius 1 is 1.50 bits per heavy atom. The van der Waals surface area contributed by atoms with Gasteiger partial charge in [0, 0.05) is 13.1 Å². The van der Waals surface area contributed by atoms with E-state index in [2.05, 4.69) is 0 Å². The Morgan fingerprint density at radius 2 is 2.22 bits per heavy atom. The monoisotopic (exact) mass is 281 g/mol. The Hall–Kier alpha value is -1.17. The maximum Gasteiger partial charge on any atom is 0.393 e. The second-order valence-electron chi connectivity index (χ2n) is 4.24. The first-order valence-electron chi connectivity index (χ1n) is 5.48. The van der Waals surface area contributed by atoms with E-state index in [9.17, 15) is 18.0 Å². The number of furan rings is 1. The van der Waals surface area contributed by atoms with E-state index in [0.29, 0.717) is 13.0 Å². The summed E-state index contributed by atoms with van der Waals surface area (Å²) in [5.41, 5.74) is 0.111. The van der Waals surface area contributed by atoms with E-state index in [4.69, 9.17) is 16.0 Å². The highest BCUT2D eigenvalue weighted by molar-refractivity contribution is 6.32. The molecule has 1 aliphatic heterocycles. The van der Waals surface area contributed by atoms with Gasteiger partial charge in [0.1, 0.15) is 0 Å². The van der Waals surface area contributed by atoms with Crippen molar-refractivity contribution in [3.8, 4) is 0 Å². The van der Waals surface area contributed by atoms with Crippen molar-refractivity contribution in [3.63, 3.8) is 0 Å². The molecule has 0 saturated carbocycles. The van der Waals surface area contributed by atoms with Crippen LogP contribution in [0.2, 0.25) is 5.22 Å². The largest absolute Gasteiger partial charge is 0.452 e. The van der Waals surface area contributed by atoms with Crippen LogP contribution in [-0.2, 0) is 0 Å². The van der Waals surface area contributed by atoms with Crippen molar-refractivity contribution in [3.05, 3.63) is 23.1 Å². The molecule has 2 rings (SSSR count). The van der Waals surface area contributed by atoms with Crippen LogP contribution in [0.4, 0.5) is 13.2 Å². The molecular weight excluding hydrogens is 271 g/mol. The summed E-state index contributed by atoms with van der Waals surface area (Å²) < 4.78 is 42.6. The predicted molar refractivity (Wildman–Crippen MR) is 58.4 cm³/mol. The summed E-state index contributed by atoms with van der Waals surface area (Å²) in [7, 11) is 0. The van der Waals surface area contributed by atoms with E-state index in [-0.39, 0.29) is 23.7 Å². The summed E-state index contributed by atoms with van der Waals surface area (Å²) in [6, 6.07) is 1.36. The van der Waals surface area contributed by atoms with Crippen LogP contribution >= 0.6 is 11.6 Å². The summed E-state index contributed by atoms with van der Waals surface area (Å²) in [5.74, 6) is -1.97. The molecule has 1 amide bonds. The number of hydrogen-bond donors (Lipinski definition) is 0. The van der Waals surface area contributed by atoms with E-state index in [1.54, 1.807) is 0 Å². The molecule has 0 N–H and O–H groups in total. The molecule has 0 radical (unpaired) electrons. The Balaban J connectivity index is 2.10. The van der Waals surface area contributed by atoms with Crippen molar-refractivity contribution in [2.24, 2.45) is 5.92 Å². The molecule has 1 aromatic heterocycles. The molecule has 7 heteroatoms. The highest BCUT2D eigenvalue weighted by atomic mass is 35.5. The molecule has 3 nitrogen and oxygen atoms in total. The molecule has 2 heterocycles. The zero-order valence-corrected chi connectivity index (χ0v) is 10.1. The summed E-state index contributed by atoms with van der Waals surface area (Å²) in [4.78, 5) is 13.1. The second kappa shape index (κ2) is 4.84. The lowest BCUT2D eigenvalue weighted by Gasteiger charge is -2.33. The quantitative estimate of drug-likeness (QED) is 0.791. The van der Waals surface area contributed by atoms with Gasteiger partial charge in [0.25, 0.3) is 5.91 Å². The molecular formula is C11H11ClF3NO2. The first-order chi connectivity index (χ1) is 8.39. The Labute approximate surface area is 106 Å². The molecule has 0 bridgehead atoms. The molecule has 0 spiro atoms. The van der Waals surface area contributed by atoms with Gasteiger partial charge in [0.15, 0.2) is 0 Å². The number of halogens is 4. The molecule has 1 saturated heterocycles. The van der Waals surface area contributed by atoms with E-state index < -0.39 is 18.0 Å². The smallest absolute Gasteiger partial charge is 0.393 e. The fourth-order valence-electron chi connectivity index (χ4n) is 2.05. The van der Waals surface area contributed by atoms with Crippen LogP contribution in [0.25, 0.3) is 0 Å². The van der Waals surface area contributed by atoms with Gasteiger partial charge in [-0.25, -0.2) is 0 Å². The fraction of sp³-hybridized carbons (Fsp3) is 0.545. The van der Waals surface area contributed by atoms with Crippen molar-refractivity contribution in [1.29, 1.82) is 0 Å². The predicted octanol–water partition coefficient (Wildman–Crippen LogP) is 3.35. The molecule has 1 unspecified atom stereocenters. The Morgan fingerprint density at radius 3 is 2.78 bits per heavy atom. The van der Waals surface area contributed by atoms with Gasteiger partial charge in [-0.2, -0.15) is 13.2 Å². The maximum atomic E-state index is 12.6. The average molecular weight is 282 g/mol. The van der Waals surface area contributed by atoms with Gasteiger partial charge in [0.2, 0.25) is 5.22 Å². The number of piperidine rings is 1. The first kappa shape index (κ1) is 13.3. The zero-order chi connectivity index (χ0) is 13.3. The molecule has 100 valence electrons. The van der Waals surface area contributed by atoms with Gasteiger partial charge in [-0.15, -0.1) is 0 Å². The molecule has 0 aliphatic carbocycles. The number of nitrogens with zero attached hydrogens (tertiary/aromatic N) is 1. The normalized spacial score (nSPS) is 21.1. The van der Waals surface area contributed by atoms with Crippen LogP contribution in [0.3, 0.4) is 0 Å². The van der Waals surface area contributed by atoms with E-state index in [1.807, 2.05) is 0 Å². The lowest BCUT2D eigenvalue weighted by Crippen LogP contribution is -2.44. The Kier molecular flexibility index (Phi) is 3.56. The summed E-state index contributed by atoms with van der Waals surface area (Å²) in [5, 5.41) is -0.0888. The lowest BCUT2D eigenvalue weighted by atomic mass is 9.97. The van der Waals surface area contributed by atoms with Gasteiger partial charge in [-0.05, 0) is 30.5 Å². The summed E-state index contributed by atoms with van der Waals surface area (Å²) in [6.07, 6.45) is -2.63. The highest BCUT2D eigenvalue weighted by Crippen LogP contribution is 2.34. The van der Waals surface area contributed by atoms with Crippen LogP contribution in [0.5, 0.6) is 0 Å². The minimum Gasteiger partial charge on any atom is -0.452 e. The van der Waals surface area contributed by atoms with E-state index in [1.165, 1.54) is 17.2 Å². The SMILES string of the molecule is O=C(c1ccoc1Cl)N1CCCC(C(F)(F)F)C1. The maximum absolute atomic E-state index is 12.6. The van der Waals surface area contributed by atoms with Gasteiger partial charge in [-0.1, -0.05) is 0 Å². The van der Waals surface area contributed by atoms with Crippen molar-refractivity contribution >= 4 is 17.5 Å². The third-order valence-corrected chi connectivity index (χ3v) is 3.31. The number of likely N-dealkylation sites (tertiary alicyclic amines) is 1. The highest BCUT2D eigenvalue weighted by Gasteiger charge is 2.43. The van der Waals surface area contributed by atoms with Crippen LogP contribution < -0.4 is 0 Å². The average Bonchev–Trinajstić information content (AvgIpc) is 2.73. The number of alkyl halides is 3. The number of carbonyl (C=O) groups excluding carboxylic acids is 1. The number of hydrogen-bond acceptors (Lipinski definition) is 2. The summed E-state index contributed by atoms with van der Waals surface area (Å²) in [6.45, 7) is -0.00321. The third-order valence-electron chi connectivity index (χ3n) is 3.02. The lowest BCUT2D eigenvalue weighted by molar-refractivity contribution is -0.184.